The van der Waals surface area contributed by atoms with E-state index in [1.165, 1.54) is 12.0 Å². The molecule has 2 nitrogen and oxygen atoms in total. The van der Waals surface area contributed by atoms with Gasteiger partial charge in [-0.2, -0.15) is 0 Å². The summed E-state index contributed by atoms with van der Waals surface area (Å²) in [4.78, 5) is 0. The summed E-state index contributed by atoms with van der Waals surface area (Å²) in [6.07, 6.45) is 2.27. The maximum absolute atomic E-state index is 5.83. The SMILES string of the molecule is CCCNC(CC)COc1ccc(C(C)C)cc1. The molecule has 18 heavy (non-hydrogen) atoms. The van der Waals surface area contributed by atoms with Gasteiger partial charge in [-0.3, -0.25) is 0 Å². The summed E-state index contributed by atoms with van der Waals surface area (Å²) in [6, 6.07) is 8.90. The largest absolute Gasteiger partial charge is 0.492 e. The van der Waals surface area contributed by atoms with Crippen LogP contribution in [-0.4, -0.2) is 19.2 Å². The average molecular weight is 249 g/mol. The fourth-order valence-electron chi connectivity index (χ4n) is 1.82. The molecule has 0 aliphatic carbocycles. The van der Waals surface area contributed by atoms with E-state index >= 15 is 0 Å². The lowest BCUT2D eigenvalue weighted by atomic mass is 10.0. The van der Waals surface area contributed by atoms with E-state index in [1.807, 2.05) is 0 Å². The van der Waals surface area contributed by atoms with E-state index in [2.05, 4.69) is 57.3 Å². The highest BCUT2D eigenvalue weighted by Gasteiger charge is 2.06. The van der Waals surface area contributed by atoms with Gasteiger partial charge in [-0.15, -0.1) is 0 Å². The lowest BCUT2D eigenvalue weighted by Gasteiger charge is -2.17. The predicted molar refractivity (Wildman–Crippen MR) is 78.4 cm³/mol. The van der Waals surface area contributed by atoms with Gasteiger partial charge in [-0.05, 0) is 43.0 Å². The van der Waals surface area contributed by atoms with Crippen LogP contribution in [0.2, 0.25) is 0 Å². The molecular formula is C16H27NO. The second-order valence-electron chi connectivity index (χ2n) is 5.09. The monoisotopic (exact) mass is 249 g/mol. The highest BCUT2D eigenvalue weighted by molar-refractivity contribution is 5.28. The van der Waals surface area contributed by atoms with Crippen LogP contribution >= 0.6 is 0 Å². The third-order valence-corrected chi connectivity index (χ3v) is 3.17. The van der Waals surface area contributed by atoms with Crippen molar-refractivity contribution >= 4 is 0 Å². The minimum absolute atomic E-state index is 0.453. The molecule has 2 heteroatoms. The van der Waals surface area contributed by atoms with E-state index in [4.69, 9.17) is 4.74 Å². The van der Waals surface area contributed by atoms with E-state index in [0.29, 0.717) is 12.0 Å². The zero-order valence-electron chi connectivity index (χ0n) is 12.2. The van der Waals surface area contributed by atoms with Gasteiger partial charge in [0.2, 0.25) is 0 Å². The summed E-state index contributed by atoms with van der Waals surface area (Å²) < 4.78 is 5.83. The van der Waals surface area contributed by atoms with Crippen LogP contribution in [0.4, 0.5) is 0 Å². The van der Waals surface area contributed by atoms with Crippen LogP contribution in [0.3, 0.4) is 0 Å². The van der Waals surface area contributed by atoms with Crippen molar-refractivity contribution in [2.24, 2.45) is 0 Å². The highest BCUT2D eigenvalue weighted by atomic mass is 16.5. The molecule has 0 saturated heterocycles. The smallest absolute Gasteiger partial charge is 0.119 e. The number of hydrogen-bond acceptors (Lipinski definition) is 2. The first-order valence-electron chi connectivity index (χ1n) is 7.13. The molecule has 0 bridgehead atoms. The average Bonchev–Trinajstić information content (AvgIpc) is 2.39. The number of nitrogens with one attached hydrogen (secondary N) is 1. The Kier molecular flexibility index (Phi) is 6.81. The Morgan fingerprint density at radius 3 is 2.28 bits per heavy atom. The van der Waals surface area contributed by atoms with Crippen LogP contribution < -0.4 is 10.1 Å². The van der Waals surface area contributed by atoms with Crippen molar-refractivity contribution in [3.8, 4) is 5.75 Å². The molecule has 0 aliphatic rings. The molecule has 0 heterocycles. The van der Waals surface area contributed by atoms with Crippen molar-refractivity contribution in [2.75, 3.05) is 13.2 Å². The number of hydrogen-bond donors (Lipinski definition) is 1. The Hall–Kier alpha value is -1.02. The standard InChI is InChI=1S/C16H27NO/c1-5-11-17-15(6-2)12-18-16-9-7-14(8-10-16)13(3)4/h7-10,13,15,17H,5-6,11-12H2,1-4H3. The third kappa shape index (κ3) is 5.09. The van der Waals surface area contributed by atoms with Gasteiger partial charge in [0, 0.05) is 6.04 Å². The molecule has 0 radical (unpaired) electrons. The van der Waals surface area contributed by atoms with Gasteiger partial charge in [0.25, 0.3) is 0 Å². The molecule has 102 valence electrons. The minimum Gasteiger partial charge on any atom is -0.492 e. The lowest BCUT2D eigenvalue weighted by Crippen LogP contribution is -2.34. The maximum Gasteiger partial charge on any atom is 0.119 e. The van der Waals surface area contributed by atoms with Crippen LogP contribution in [0.5, 0.6) is 5.75 Å². The van der Waals surface area contributed by atoms with Gasteiger partial charge in [0.15, 0.2) is 0 Å². The van der Waals surface area contributed by atoms with Gasteiger partial charge >= 0.3 is 0 Å². The zero-order valence-corrected chi connectivity index (χ0v) is 12.2. The van der Waals surface area contributed by atoms with Gasteiger partial charge in [0.1, 0.15) is 12.4 Å². The van der Waals surface area contributed by atoms with E-state index in [1.54, 1.807) is 0 Å². The van der Waals surface area contributed by atoms with Crippen LogP contribution in [0.15, 0.2) is 24.3 Å². The normalized spacial score (nSPS) is 12.7. The van der Waals surface area contributed by atoms with E-state index < -0.39 is 0 Å². The van der Waals surface area contributed by atoms with E-state index in [0.717, 1.165) is 25.3 Å². The van der Waals surface area contributed by atoms with Crippen molar-refractivity contribution in [3.63, 3.8) is 0 Å². The summed E-state index contributed by atoms with van der Waals surface area (Å²) in [5.74, 6) is 1.55. The van der Waals surface area contributed by atoms with Gasteiger partial charge in [0.05, 0.1) is 0 Å². The molecule has 1 aromatic carbocycles. The fourth-order valence-corrected chi connectivity index (χ4v) is 1.82. The molecule has 0 aromatic heterocycles. The number of ether oxygens (including phenoxy) is 1. The molecule has 1 atom stereocenters. The van der Waals surface area contributed by atoms with Crippen LogP contribution in [0.25, 0.3) is 0 Å². The van der Waals surface area contributed by atoms with Crippen molar-refractivity contribution in [1.82, 2.24) is 5.32 Å². The Morgan fingerprint density at radius 1 is 1.11 bits per heavy atom. The predicted octanol–water partition coefficient (Wildman–Crippen LogP) is 3.97. The zero-order chi connectivity index (χ0) is 13.4. The second kappa shape index (κ2) is 8.15. The molecule has 0 fully saturated rings. The van der Waals surface area contributed by atoms with Crippen molar-refractivity contribution in [3.05, 3.63) is 29.8 Å². The molecule has 1 aromatic rings. The quantitative estimate of drug-likeness (QED) is 0.753. The first-order valence-corrected chi connectivity index (χ1v) is 7.13. The maximum atomic E-state index is 5.83. The molecule has 1 rings (SSSR count). The molecular weight excluding hydrogens is 222 g/mol. The first kappa shape index (κ1) is 15.0. The Labute approximate surface area is 112 Å². The number of benzene rings is 1. The summed E-state index contributed by atoms with van der Waals surface area (Å²) in [7, 11) is 0. The van der Waals surface area contributed by atoms with Crippen molar-refractivity contribution in [1.29, 1.82) is 0 Å². The van der Waals surface area contributed by atoms with Crippen LogP contribution in [-0.2, 0) is 0 Å². The lowest BCUT2D eigenvalue weighted by molar-refractivity contribution is 0.260. The highest BCUT2D eigenvalue weighted by Crippen LogP contribution is 2.18. The minimum atomic E-state index is 0.453. The third-order valence-electron chi connectivity index (χ3n) is 3.17. The first-order chi connectivity index (χ1) is 8.67. The topological polar surface area (TPSA) is 21.3 Å². The molecule has 1 unspecified atom stereocenters. The molecule has 0 spiro atoms. The molecule has 0 saturated carbocycles. The number of rotatable bonds is 8. The summed E-state index contributed by atoms with van der Waals surface area (Å²) >= 11 is 0. The molecule has 1 N–H and O–H groups in total. The van der Waals surface area contributed by atoms with Crippen molar-refractivity contribution < 1.29 is 4.74 Å². The molecule has 0 amide bonds. The van der Waals surface area contributed by atoms with Gasteiger partial charge in [-0.1, -0.05) is 39.8 Å². The Balaban J connectivity index is 2.42. The van der Waals surface area contributed by atoms with Crippen LogP contribution in [0.1, 0.15) is 52.0 Å². The summed E-state index contributed by atoms with van der Waals surface area (Å²) in [5.41, 5.74) is 1.36. The fraction of sp³-hybridized carbons (Fsp3) is 0.625. The molecule has 0 aliphatic heterocycles. The second-order valence-corrected chi connectivity index (χ2v) is 5.09. The van der Waals surface area contributed by atoms with Crippen LogP contribution in [0, 0.1) is 0 Å². The van der Waals surface area contributed by atoms with E-state index in [9.17, 15) is 0 Å². The van der Waals surface area contributed by atoms with Crippen molar-refractivity contribution in [2.45, 2.75) is 52.5 Å². The Morgan fingerprint density at radius 2 is 1.78 bits per heavy atom. The van der Waals surface area contributed by atoms with Gasteiger partial charge < -0.3 is 10.1 Å². The Bertz CT molecular complexity index is 318. The summed E-state index contributed by atoms with van der Waals surface area (Å²) in [5, 5.41) is 3.49. The van der Waals surface area contributed by atoms with Gasteiger partial charge in [-0.25, -0.2) is 0 Å². The van der Waals surface area contributed by atoms with E-state index in [-0.39, 0.29) is 0 Å². The summed E-state index contributed by atoms with van der Waals surface area (Å²) in [6.45, 7) is 10.6.